The van der Waals surface area contributed by atoms with Gasteiger partial charge < -0.3 is 29.5 Å². The molecular formula is C21H27O9P. The molecule has 1 heterocycles. The van der Waals surface area contributed by atoms with Gasteiger partial charge in [-0.25, -0.2) is 4.79 Å². The number of phenolic OH excluding ortho intramolecular Hbond substituents is 1. The maximum absolute atomic E-state index is 12.0. The number of cyclic esters (lactones) is 1. The lowest BCUT2D eigenvalue weighted by atomic mass is 9.93. The summed E-state index contributed by atoms with van der Waals surface area (Å²) < 4.78 is 21.3. The van der Waals surface area contributed by atoms with Gasteiger partial charge in [-0.1, -0.05) is 23.8 Å². The second-order valence-electron chi connectivity index (χ2n) is 7.42. The molecule has 9 nitrogen and oxygen atoms in total. The van der Waals surface area contributed by atoms with Crippen LogP contribution in [0.5, 0.6) is 11.5 Å². The first-order valence-electron chi connectivity index (χ1n) is 9.64. The number of allylic oxidation sites excluding steroid dienone is 3. The summed E-state index contributed by atoms with van der Waals surface area (Å²) in [4.78, 5) is 41.2. The Balaban J connectivity index is 2.19. The number of esters is 1. The highest BCUT2D eigenvalue weighted by atomic mass is 31.2. The summed E-state index contributed by atoms with van der Waals surface area (Å²) in [7, 11) is -2.66. The normalized spacial score (nSPS) is 15.1. The van der Waals surface area contributed by atoms with E-state index in [1.165, 1.54) is 19.3 Å². The third kappa shape index (κ3) is 6.19. The molecule has 0 aliphatic carbocycles. The maximum Gasteiger partial charge on any atom is 0.342 e. The van der Waals surface area contributed by atoms with Crippen LogP contribution in [0.1, 0.15) is 46.8 Å². The molecule has 0 bridgehead atoms. The van der Waals surface area contributed by atoms with Crippen LogP contribution in [0.25, 0.3) is 0 Å². The number of carboxylic acids is 1. The van der Waals surface area contributed by atoms with E-state index in [1.54, 1.807) is 19.9 Å². The van der Waals surface area contributed by atoms with Gasteiger partial charge in [0, 0.05) is 11.1 Å². The minimum absolute atomic E-state index is 0.0758. The number of hydrogen-bond acceptors (Lipinski definition) is 6. The Labute approximate surface area is 180 Å². The average Bonchev–Trinajstić information content (AvgIpc) is 3.07. The minimum Gasteiger partial charge on any atom is -0.507 e. The lowest BCUT2D eigenvalue weighted by Crippen LogP contribution is -2.11. The highest BCUT2D eigenvalue weighted by molar-refractivity contribution is 7.51. The topological polar surface area (TPSA) is 151 Å². The predicted molar refractivity (Wildman–Crippen MR) is 112 cm³/mol. The Hall–Kier alpha value is -2.61. The fraction of sp³-hybridized carbons (Fsp3) is 0.429. The van der Waals surface area contributed by atoms with E-state index >= 15 is 0 Å². The van der Waals surface area contributed by atoms with Crippen molar-refractivity contribution in [2.24, 2.45) is 5.92 Å². The summed E-state index contributed by atoms with van der Waals surface area (Å²) in [6.45, 7) is 3.60. The minimum atomic E-state index is -4.13. The quantitative estimate of drug-likeness (QED) is 0.237. The molecule has 170 valence electrons. The van der Waals surface area contributed by atoms with Gasteiger partial charge in [0.05, 0.1) is 19.2 Å². The summed E-state index contributed by atoms with van der Waals surface area (Å²) >= 11 is 0. The van der Waals surface area contributed by atoms with Gasteiger partial charge in [-0.15, -0.1) is 0 Å². The molecule has 0 fully saturated rings. The van der Waals surface area contributed by atoms with Crippen molar-refractivity contribution in [3.63, 3.8) is 0 Å². The molecule has 1 atom stereocenters. The van der Waals surface area contributed by atoms with E-state index in [9.17, 15) is 24.4 Å². The van der Waals surface area contributed by atoms with Crippen LogP contribution < -0.4 is 4.74 Å². The molecule has 4 N–H and O–H groups in total. The number of fused-ring (bicyclic) bond motifs is 1. The molecular weight excluding hydrogens is 427 g/mol. The van der Waals surface area contributed by atoms with Crippen molar-refractivity contribution in [2.45, 2.75) is 39.7 Å². The Bertz CT molecular complexity index is 972. The fourth-order valence-corrected chi connectivity index (χ4v) is 3.96. The van der Waals surface area contributed by atoms with Gasteiger partial charge >= 0.3 is 19.5 Å². The number of hydrogen-bond donors (Lipinski definition) is 4. The lowest BCUT2D eigenvalue weighted by Gasteiger charge is -2.16. The summed E-state index contributed by atoms with van der Waals surface area (Å²) in [5.74, 6) is -2.26. The van der Waals surface area contributed by atoms with Gasteiger partial charge in [0.2, 0.25) is 0 Å². The average molecular weight is 454 g/mol. The zero-order chi connectivity index (χ0) is 23.3. The second-order valence-corrected chi connectivity index (χ2v) is 9.20. The van der Waals surface area contributed by atoms with Crippen molar-refractivity contribution in [1.82, 2.24) is 0 Å². The van der Waals surface area contributed by atoms with Gasteiger partial charge in [-0.3, -0.25) is 9.36 Å². The van der Waals surface area contributed by atoms with Crippen molar-refractivity contribution >= 4 is 19.5 Å². The van der Waals surface area contributed by atoms with Crippen LogP contribution in [0.3, 0.4) is 0 Å². The van der Waals surface area contributed by atoms with E-state index in [0.717, 1.165) is 5.57 Å². The molecule has 0 amide bonds. The van der Waals surface area contributed by atoms with E-state index < -0.39 is 25.5 Å². The standard InChI is InChI=1S/C21H27O9P/c1-12(10-14(20(23)24)6-4-5-9-31(26,27)28)7-8-15-18(22)17-16(11-30-21(17)25)13(2)19(15)29-3/h4,6-7,14,22H,5,8-11H2,1-3H3,(H,23,24)(H2,26,27,28)/b6-4+,12-7?. The van der Waals surface area contributed by atoms with Crippen LogP contribution in [-0.4, -0.2) is 45.2 Å². The molecule has 10 heteroatoms. The molecule has 0 spiro atoms. The SMILES string of the molecule is COc1c(C)c2c(c(O)c1CC=C(C)CC(/C=C/CCP(=O)(O)O)C(=O)O)C(=O)OC2. The summed E-state index contributed by atoms with van der Waals surface area (Å²) in [5.41, 5.74) is 2.58. The number of benzene rings is 1. The molecule has 2 rings (SSSR count). The molecule has 0 radical (unpaired) electrons. The molecule has 31 heavy (non-hydrogen) atoms. The number of carboxylic acid groups (broad SMARTS) is 1. The highest BCUT2D eigenvalue weighted by Gasteiger charge is 2.31. The van der Waals surface area contributed by atoms with Gasteiger partial charge in [0.15, 0.2) is 0 Å². The molecule has 0 aromatic heterocycles. The van der Waals surface area contributed by atoms with Crippen molar-refractivity contribution in [3.8, 4) is 11.5 Å². The van der Waals surface area contributed by atoms with Crippen molar-refractivity contribution in [3.05, 3.63) is 46.1 Å². The molecule has 1 aliphatic heterocycles. The number of rotatable bonds is 10. The number of aromatic hydroxyl groups is 1. The summed E-state index contributed by atoms with van der Waals surface area (Å²) in [6, 6.07) is 0. The Morgan fingerprint density at radius 1 is 1.35 bits per heavy atom. The summed E-state index contributed by atoms with van der Waals surface area (Å²) in [6.07, 6.45) is 4.76. The first-order chi connectivity index (χ1) is 14.5. The molecule has 0 saturated carbocycles. The first-order valence-corrected chi connectivity index (χ1v) is 11.4. The van der Waals surface area contributed by atoms with Crippen molar-refractivity contribution in [2.75, 3.05) is 13.3 Å². The first kappa shape index (κ1) is 24.7. The molecule has 0 saturated heterocycles. The maximum atomic E-state index is 12.0. The summed E-state index contributed by atoms with van der Waals surface area (Å²) in [5, 5.41) is 20.1. The van der Waals surface area contributed by atoms with Crippen LogP contribution in [0.15, 0.2) is 23.8 Å². The van der Waals surface area contributed by atoms with Crippen molar-refractivity contribution < 1.29 is 43.6 Å². The van der Waals surface area contributed by atoms with Crippen LogP contribution >= 0.6 is 7.60 Å². The lowest BCUT2D eigenvalue weighted by molar-refractivity contribution is -0.140. The Morgan fingerprint density at radius 2 is 2.03 bits per heavy atom. The number of carbonyl (C=O) groups is 2. The smallest absolute Gasteiger partial charge is 0.342 e. The Morgan fingerprint density at radius 3 is 2.61 bits per heavy atom. The number of carbonyl (C=O) groups excluding carboxylic acids is 1. The number of phenols is 1. The van der Waals surface area contributed by atoms with E-state index in [1.807, 2.05) is 0 Å². The molecule has 1 aromatic rings. The van der Waals surface area contributed by atoms with E-state index in [4.69, 9.17) is 19.3 Å². The van der Waals surface area contributed by atoms with Gasteiger partial charge in [-0.2, -0.15) is 0 Å². The van der Waals surface area contributed by atoms with E-state index in [-0.39, 0.29) is 43.3 Å². The molecule has 1 aliphatic rings. The van der Waals surface area contributed by atoms with E-state index in [0.29, 0.717) is 22.4 Å². The molecule has 1 unspecified atom stereocenters. The van der Waals surface area contributed by atoms with Crippen molar-refractivity contribution in [1.29, 1.82) is 0 Å². The third-order valence-electron chi connectivity index (χ3n) is 5.12. The number of aliphatic carboxylic acids is 1. The fourth-order valence-electron chi connectivity index (χ4n) is 3.48. The van der Waals surface area contributed by atoms with Crippen LogP contribution in [0.4, 0.5) is 0 Å². The number of methoxy groups -OCH3 is 1. The zero-order valence-electron chi connectivity index (χ0n) is 17.6. The monoisotopic (exact) mass is 454 g/mol. The highest BCUT2D eigenvalue weighted by Crippen LogP contribution is 2.42. The van der Waals surface area contributed by atoms with Crippen LogP contribution in [0.2, 0.25) is 0 Å². The predicted octanol–water partition coefficient (Wildman–Crippen LogP) is 3.08. The molecule has 1 aromatic carbocycles. The number of ether oxygens (including phenoxy) is 2. The zero-order valence-corrected chi connectivity index (χ0v) is 18.5. The largest absolute Gasteiger partial charge is 0.507 e. The van der Waals surface area contributed by atoms with Crippen LogP contribution in [0, 0.1) is 12.8 Å². The van der Waals surface area contributed by atoms with Crippen LogP contribution in [-0.2, 0) is 27.1 Å². The third-order valence-corrected chi connectivity index (χ3v) is 5.96. The van der Waals surface area contributed by atoms with E-state index in [2.05, 4.69) is 0 Å². The second kappa shape index (κ2) is 10.1. The van der Waals surface area contributed by atoms with Gasteiger partial charge in [0.25, 0.3) is 0 Å². The van der Waals surface area contributed by atoms with Gasteiger partial charge in [0.1, 0.15) is 23.7 Å². The Kier molecular flexibility index (Phi) is 8.06. The van der Waals surface area contributed by atoms with Gasteiger partial charge in [-0.05, 0) is 38.7 Å².